The zero-order valence-corrected chi connectivity index (χ0v) is 12.1. The Hall–Kier alpha value is -2.36. The highest BCUT2D eigenvalue weighted by atomic mass is 16.5. The van der Waals surface area contributed by atoms with Crippen LogP contribution in [0.1, 0.15) is 16.8 Å². The second kappa shape index (κ2) is 4.63. The van der Waals surface area contributed by atoms with Gasteiger partial charge < -0.3 is 4.74 Å². The van der Waals surface area contributed by atoms with Crippen LogP contribution in [0.4, 0.5) is 0 Å². The summed E-state index contributed by atoms with van der Waals surface area (Å²) < 4.78 is 5.50. The van der Waals surface area contributed by atoms with Crippen LogP contribution >= 0.6 is 0 Å². The molecule has 0 amide bonds. The number of pyridine rings is 1. The first-order chi connectivity index (χ1) is 9.61. The van der Waals surface area contributed by atoms with Crippen LogP contribution in [0.25, 0.3) is 22.3 Å². The van der Waals surface area contributed by atoms with Gasteiger partial charge in [-0.25, -0.2) is 4.98 Å². The van der Waals surface area contributed by atoms with Crippen molar-refractivity contribution in [1.29, 1.82) is 0 Å². The van der Waals surface area contributed by atoms with Crippen molar-refractivity contribution in [3.8, 4) is 17.0 Å². The smallest absolute Gasteiger partial charge is 0.147 e. The fourth-order valence-corrected chi connectivity index (χ4v) is 2.41. The van der Waals surface area contributed by atoms with Crippen molar-refractivity contribution >= 4 is 11.0 Å². The molecule has 0 spiro atoms. The number of ether oxygens (including phenoxy) is 1. The van der Waals surface area contributed by atoms with E-state index in [1.165, 1.54) is 11.1 Å². The van der Waals surface area contributed by atoms with E-state index >= 15 is 0 Å². The molecule has 3 rings (SSSR count). The zero-order chi connectivity index (χ0) is 14.3. The summed E-state index contributed by atoms with van der Waals surface area (Å²) in [6, 6.07) is 8.19. The lowest BCUT2D eigenvalue weighted by molar-refractivity contribution is 0.415. The molecular formula is C16H17N3O. The molecule has 0 saturated carbocycles. The van der Waals surface area contributed by atoms with E-state index in [1.54, 1.807) is 7.11 Å². The van der Waals surface area contributed by atoms with Crippen molar-refractivity contribution in [3.05, 3.63) is 41.1 Å². The average molecular weight is 267 g/mol. The molecule has 2 heterocycles. The maximum absolute atomic E-state index is 5.50. The third-order valence-corrected chi connectivity index (χ3v) is 3.75. The molecule has 20 heavy (non-hydrogen) atoms. The highest BCUT2D eigenvalue weighted by Gasteiger charge is 2.15. The van der Waals surface area contributed by atoms with Gasteiger partial charge in [-0.3, -0.25) is 5.10 Å². The number of aromatic amines is 1. The highest BCUT2D eigenvalue weighted by molar-refractivity contribution is 5.84. The second-order valence-corrected chi connectivity index (χ2v) is 4.99. The van der Waals surface area contributed by atoms with Crippen LogP contribution in [-0.2, 0) is 0 Å². The standard InChI is InChI=1S/C16H17N3O/c1-9-6-5-7-12(10(9)2)16-14(20-4)8-13-15(17-16)11(3)18-19-13/h5-8H,1-4H3,(H,18,19). The quantitative estimate of drug-likeness (QED) is 0.772. The fourth-order valence-electron chi connectivity index (χ4n) is 2.41. The number of H-pyrrole nitrogens is 1. The molecule has 0 radical (unpaired) electrons. The third-order valence-electron chi connectivity index (χ3n) is 3.75. The molecule has 0 aliphatic rings. The van der Waals surface area contributed by atoms with Crippen molar-refractivity contribution in [1.82, 2.24) is 15.2 Å². The van der Waals surface area contributed by atoms with Gasteiger partial charge >= 0.3 is 0 Å². The summed E-state index contributed by atoms with van der Waals surface area (Å²) in [6.45, 7) is 6.16. The fraction of sp³-hybridized carbons (Fsp3) is 0.250. The van der Waals surface area contributed by atoms with Gasteiger partial charge in [-0.1, -0.05) is 18.2 Å². The average Bonchev–Trinajstić information content (AvgIpc) is 2.81. The number of nitrogens with one attached hydrogen (secondary N) is 1. The van der Waals surface area contributed by atoms with Gasteiger partial charge in [0.1, 0.15) is 17.0 Å². The Balaban J connectivity index is 2.33. The van der Waals surface area contributed by atoms with E-state index in [0.29, 0.717) is 0 Å². The van der Waals surface area contributed by atoms with Gasteiger partial charge in [0.2, 0.25) is 0 Å². The molecule has 0 unspecified atom stereocenters. The first kappa shape index (κ1) is 12.7. The normalized spacial score (nSPS) is 11.0. The molecule has 0 saturated heterocycles. The van der Waals surface area contributed by atoms with Gasteiger partial charge in [-0.2, -0.15) is 5.10 Å². The number of fused-ring (bicyclic) bond motifs is 1. The van der Waals surface area contributed by atoms with Gasteiger partial charge in [-0.05, 0) is 31.9 Å². The van der Waals surface area contributed by atoms with Gasteiger partial charge in [0.25, 0.3) is 0 Å². The molecule has 1 N–H and O–H groups in total. The van der Waals surface area contributed by atoms with Gasteiger partial charge in [0.05, 0.1) is 18.3 Å². The van der Waals surface area contributed by atoms with Gasteiger partial charge in [0.15, 0.2) is 0 Å². The molecule has 4 nitrogen and oxygen atoms in total. The Morgan fingerprint density at radius 3 is 2.70 bits per heavy atom. The van der Waals surface area contributed by atoms with Crippen LogP contribution in [0, 0.1) is 20.8 Å². The van der Waals surface area contributed by atoms with Crippen LogP contribution in [0.3, 0.4) is 0 Å². The Morgan fingerprint density at radius 2 is 1.95 bits per heavy atom. The Kier molecular flexibility index (Phi) is 2.93. The number of rotatable bonds is 2. The summed E-state index contributed by atoms with van der Waals surface area (Å²) in [7, 11) is 1.67. The lowest BCUT2D eigenvalue weighted by Crippen LogP contribution is -1.95. The minimum absolute atomic E-state index is 0.759. The second-order valence-electron chi connectivity index (χ2n) is 4.99. The van der Waals surface area contributed by atoms with Crippen molar-refractivity contribution in [2.24, 2.45) is 0 Å². The molecule has 0 aliphatic carbocycles. The number of nitrogens with zero attached hydrogens (tertiary/aromatic N) is 2. The summed E-state index contributed by atoms with van der Waals surface area (Å²) in [5.41, 5.74) is 7.12. The maximum atomic E-state index is 5.50. The number of aromatic nitrogens is 3. The van der Waals surface area contributed by atoms with Crippen LogP contribution in [0.15, 0.2) is 24.3 Å². The van der Waals surface area contributed by atoms with Gasteiger partial charge in [-0.15, -0.1) is 0 Å². The molecule has 0 aliphatic heterocycles. The lowest BCUT2D eigenvalue weighted by atomic mass is 10.00. The first-order valence-corrected chi connectivity index (χ1v) is 6.58. The summed E-state index contributed by atoms with van der Waals surface area (Å²) in [5.74, 6) is 0.759. The van der Waals surface area contributed by atoms with E-state index in [-0.39, 0.29) is 0 Å². The van der Waals surface area contributed by atoms with Crippen molar-refractivity contribution < 1.29 is 4.74 Å². The molecule has 102 valence electrons. The SMILES string of the molecule is COc1cc2[nH]nc(C)c2nc1-c1cccc(C)c1C. The molecule has 0 atom stereocenters. The minimum atomic E-state index is 0.759. The van der Waals surface area contributed by atoms with E-state index in [2.05, 4.69) is 36.2 Å². The summed E-state index contributed by atoms with van der Waals surface area (Å²) >= 11 is 0. The van der Waals surface area contributed by atoms with Crippen LogP contribution in [0.2, 0.25) is 0 Å². The zero-order valence-electron chi connectivity index (χ0n) is 12.1. The third kappa shape index (κ3) is 1.84. The largest absolute Gasteiger partial charge is 0.494 e. The predicted molar refractivity (Wildman–Crippen MR) is 80.1 cm³/mol. The molecule has 2 aromatic heterocycles. The van der Waals surface area contributed by atoms with E-state index in [4.69, 9.17) is 9.72 Å². The summed E-state index contributed by atoms with van der Waals surface area (Å²) in [4.78, 5) is 4.76. The van der Waals surface area contributed by atoms with Crippen molar-refractivity contribution in [2.75, 3.05) is 7.11 Å². The summed E-state index contributed by atoms with van der Waals surface area (Å²) in [6.07, 6.45) is 0. The number of hydrogen-bond acceptors (Lipinski definition) is 3. The maximum Gasteiger partial charge on any atom is 0.147 e. The number of benzene rings is 1. The number of hydrogen-bond donors (Lipinski definition) is 1. The van der Waals surface area contributed by atoms with Crippen molar-refractivity contribution in [3.63, 3.8) is 0 Å². The monoisotopic (exact) mass is 267 g/mol. The highest BCUT2D eigenvalue weighted by Crippen LogP contribution is 2.34. The number of aryl methyl sites for hydroxylation is 2. The van der Waals surface area contributed by atoms with E-state index < -0.39 is 0 Å². The first-order valence-electron chi connectivity index (χ1n) is 6.58. The van der Waals surface area contributed by atoms with Crippen LogP contribution < -0.4 is 4.74 Å². The van der Waals surface area contributed by atoms with E-state index in [0.717, 1.165) is 33.7 Å². The topological polar surface area (TPSA) is 50.8 Å². The molecule has 0 fully saturated rings. The molecular weight excluding hydrogens is 250 g/mol. The molecule has 0 bridgehead atoms. The lowest BCUT2D eigenvalue weighted by Gasteiger charge is -2.12. The van der Waals surface area contributed by atoms with Crippen molar-refractivity contribution in [2.45, 2.75) is 20.8 Å². The minimum Gasteiger partial charge on any atom is -0.494 e. The number of methoxy groups -OCH3 is 1. The predicted octanol–water partition coefficient (Wildman–Crippen LogP) is 3.56. The van der Waals surface area contributed by atoms with Gasteiger partial charge in [0, 0.05) is 11.6 Å². The Bertz CT molecular complexity index is 790. The Labute approximate surface area is 117 Å². The van der Waals surface area contributed by atoms with E-state index in [9.17, 15) is 0 Å². The van der Waals surface area contributed by atoms with Crippen LogP contribution in [0.5, 0.6) is 5.75 Å². The molecule has 1 aromatic carbocycles. The summed E-state index contributed by atoms with van der Waals surface area (Å²) in [5, 5.41) is 7.18. The molecule has 4 heteroatoms. The Morgan fingerprint density at radius 1 is 1.15 bits per heavy atom. The van der Waals surface area contributed by atoms with E-state index in [1.807, 2.05) is 19.1 Å². The molecule has 3 aromatic rings. The van der Waals surface area contributed by atoms with Crippen LogP contribution in [-0.4, -0.2) is 22.3 Å².